The summed E-state index contributed by atoms with van der Waals surface area (Å²) in [5.74, 6) is 2.65. The number of hydrogen-bond donors (Lipinski definition) is 1. The van der Waals surface area contributed by atoms with E-state index < -0.39 is 0 Å². The molecular weight excluding hydrogens is 184 g/mol. The van der Waals surface area contributed by atoms with E-state index in [1.54, 1.807) is 0 Å². The van der Waals surface area contributed by atoms with Crippen LogP contribution in [0.15, 0.2) is 0 Å². The van der Waals surface area contributed by atoms with Crippen LogP contribution in [-0.4, -0.2) is 30.6 Å². The summed E-state index contributed by atoms with van der Waals surface area (Å²) in [4.78, 5) is 2.59. The first-order chi connectivity index (χ1) is 7.25. The zero-order valence-electron chi connectivity index (χ0n) is 9.86. The molecule has 0 amide bonds. The van der Waals surface area contributed by atoms with Crippen LogP contribution < -0.4 is 5.73 Å². The fourth-order valence-corrected chi connectivity index (χ4v) is 4.03. The van der Waals surface area contributed by atoms with Gasteiger partial charge in [0.2, 0.25) is 0 Å². The van der Waals surface area contributed by atoms with Crippen LogP contribution in [-0.2, 0) is 0 Å². The number of fused-ring (bicyclic) bond motifs is 2. The van der Waals surface area contributed by atoms with Crippen molar-refractivity contribution in [2.24, 2.45) is 23.5 Å². The van der Waals surface area contributed by atoms with Gasteiger partial charge in [0.1, 0.15) is 0 Å². The molecule has 15 heavy (non-hydrogen) atoms. The van der Waals surface area contributed by atoms with Crippen molar-refractivity contribution in [2.75, 3.05) is 13.6 Å². The molecule has 4 unspecified atom stereocenters. The largest absolute Gasteiger partial charge is 0.327 e. The van der Waals surface area contributed by atoms with Crippen molar-refractivity contribution >= 4 is 0 Å². The molecule has 2 N–H and O–H groups in total. The van der Waals surface area contributed by atoms with E-state index in [0.29, 0.717) is 6.04 Å². The molecular formula is C13H24N2. The van der Waals surface area contributed by atoms with Gasteiger partial charge in [0.15, 0.2) is 0 Å². The molecule has 0 radical (unpaired) electrons. The Morgan fingerprint density at radius 1 is 1.13 bits per heavy atom. The minimum atomic E-state index is 0.520. The topological polar surface area (TPSA) is 29.3 Å². The highest BCUT2D eigenvalue weighted by Crippen LogP contribution is 2.48. The van der Waals surface area contributed by atoms with Crippen LogP contribution in [0.4, 0.5) is 0 Å². The first-order valence-electron chi connectivity index (χ1n) is 6.71. The summed E-state index contributed by atoms with van der Waals surface area (Å²) in [7, 11) is 2.31. The first-order valence-corrected chi connectivity index (χ1v) is 6.71. The Morgan fingerprint density at radius 3 is 2.40 bits per heavy atom. The highest BCUT2D eigenvalue weighted by atomic mass is 15.1. The van der Waals surface area contributed by atoms with Crippen molar-refractivity contribution in [2.45, 2.75) is 50.6 Å². The fraction of sp³-hybridized carbons (Fsp3) is 1.00. The molecule has 0 aliphatic heterocycles. The van der Waals surface area contributed by atoms with Gasteiger partial charge in [-0.15, -0.1) is 0 Å². The summed E-state index contributed by atoms with van der Waals surface area (Å²) in [6, 6.07) is 1.41. The standard InChI is InChI=1S/C13H24N2/c1-15(11-3-2-4-11)8-12-9-5-6-10(7-9)13(12)14/h9-13H,2-8,14H2,1H3. The monoisotopic (exact) mass is 208 g/mol. The molecule has 0 saturated heterocycles. The van der Waals surface area contributed by atoms with Crippen LogP contribution in [0.25, 0.3) is 0 Å². The van der Waals surface area contributed by atoms with E-state index in [1.165, 1.54) is 45.1 Å². The third-order valence-electron chi connectivity index (χ3n) is 5.35. The minimum Gasteiger partial charge on any atom is -0.327 e. The summed E-state index contributed by atoms with van der Waals surface area (Å²) in [6.07, 6.45) is 8.60. The molecule has 2 nitrogen and oxygen atoms in total. The summed E-state index contributed by atoms with van der Waals surface area (Å²) < 4.78 is 0. The average molecular weight is 208 g/mol. The van der Waals surface area contributed by atoms with Crippen LogP contribution in [0, 0.1) is 17.8 Å². The van der Waals surface area contributed by atoms with E-state index in [1.807, 2.05) is 0 Å². The van der Waals surface area contributed by atoms with Gasteiger partial charge in [-0.05, 0) is 56.9 Å². The first kappa shape index (κ1) is 10.1. The van der Waals surface area contributed by atoms with Gasteiger partial charge >= 0.3 is 0 Å². The smallest absolute Gasteiger partial charge is 0.0111 e. The molecule has 2 heteroatoms. The lowest BCUT2D eigenvalue weighted by atomic mass is 9.83. The molecule has 0 spiro atoms. The van der Waals surface area contributed by atoms with Gasteiger partial charge in [0.05, 0.1) is 0 Å². The lowest BCUT2D eigenvalue weighted by molar-refractivity contribution is 0.113. The second kappa shape index (κ2) is 3.74. The zero-order chi connectivity index (χ0) is 10.4. The molecule has 3 saturated carbocycles. The van der Waals surface area contributed by atoms with Crippen molar-refractivity contribution in [1.82, 2.24) is 4.90 Å². The quantitative estimate of drug-likeness (QED) is 0.767. The molecule has 3 aliphatic rings. The lowest BCUT2D eigenvalue weighted by Crippen LogP contribution is -2.46. The van der Waals surface area contributed by atoms with Crippen LogP contribution in [0.1, 0.15) is 38.5 Å². The van der Waals surface area contributed by atoms with Gasteiger partial charge in [-0.3, -0.25) is 0 Å². The maximum Gasteiger partial charge on any atom is 0.0111 e. The number of rotatable bonds is 3. The second-order valence-corrected chi connectivity index (χ2v) is 6.10. The Morgan fingerprint density at radius 2 is 1.87 bits per heavy atom. The second-order valence-electron chi connectivity index (χ2n) is 6.10. The fourth-order valence-electron chi connectivity index (χ4n) is 4.03. The van der Waals surface area contributed by atoms with Crippen molar-refractivity contribution in [3.63, 3.8) is 0 Å². The van der Waals surface area contributed by atoms with Crippen molar-refractivity contribution in [1.29, 1.82) is 0 Å². The van der Waals surface area contributed by atoms with Crippen LogP contribution in [0.2, 0.25) is 0 Å². The molecule has 0 aromatic rings. The third-order valence-corrected chi connectivity index (χ3v) is 5.35. The molecule has 2 bridgehead atoms. The van der Waals surface area contributed by atoms with Crippen LogP contribution in [0.3, 0.4) is 0 Å². The Kier molecular flexibility index (Phi) is 2.52. The van der Waals surface area contributed by atoms with E-state index >= 15 is 0 Å². The normalized spacial score (nSPS) is 45.0. The average Bonchev–Trinajstić information content (AvgIpc) is 2.66. The van der Waals surface area contributed by atoms with E-state index in [9.17, 15) is 0 Å². The van der Waals surface area contributed by atoms with E-state index in [2.05, 4.69) is 11.9 Å². The molecule has 3 rings (SSSR count). The summed E-state index contributed by atoms with van der Waals surface area (Å²) >= 11 is 0. The molecule has 0 aromatic heterocycles. The number of nitrogens with two attached hydrogens (primary N) is 1. The van der Waals surface area contributed by atoms with E-state index in [0.717, 1.165) is 23.8 Å². The SMILES string of the molecule is CN(CC1C2CCC(C2)C1N)C1CCC1. The Balaban J connectivity index is 1.58. The van der Waals surface area contributed by atoms with E-state index in [-0.39, 0.29) is 0 Å². The summed E-state index contributed by atoms with van der Waals surface area (Å²) in [5.41, 5.74) is 6.35. The minimum absolute atomic E-state index is 0.520. The highest BCUT2D eigenvalue weighted by Gasteiger charge is 2.46. The van der Waals surface area contributed by atoms with Crippen molar-refractivity contribution in [3.8, 4) is 0 Å². The Bertz CT molecular complexity index is 235. The van der Waals surface area contributed by atoms with Gasteiger partial charge in [-0.25, -0.2) is 0 Å². The maximum atomic E-state index is 6.35. The maximum absolute atomic E-state index is 6.35. The Labute approximate surface area is 93.2 Å². The summed E-state index contributed by atoms with van der Waals surface area (Å²) in [5, 5.41) is 0. The van der Waals surface area contributed by atoms with E-state index in [4.69, 9.17) is 5.73 Å². The van der Waals surface area contributed by atoms with Crippen LogP contribution >= 0.6 is 0 Å². The van der Waals surface area contributed by atoms with Crippen LogP contribution in [0.5, 0.6) is 0 Å². The molecule has 0 heterocycles. The molecule has 3 fully saturated rings. The molecule has 0 aromatic carbocycles. The third kappa shape index (κ3) is 1.62. The summed E-state index contributed by atoms with van der Waals surface area (Å²) in [6.45, 7) is 1.27. The van der Waals surface area contributed by atoms with Gasteiger partial charge in [-0.1, -0.05) is 6.42 Å². The number of hydrogen-bond acceptors (Lipinski definition) is 2. The van der Waals surface area contributed by atoms with Crippen molar-refractivity contribution in [3.05, 3.63) is 0 Å². The molecule has 3 aliphatic carbocycles. The molecule has 4 atom stereocenters. The predicted molar refractivity (Wildman–Crippen MR) is 62.6 cm³/mol. The number of nitrogens with zero attached hydrogens (tertiary/aromatic N) is 1. The molecule has 86 valence electrons. The Hall–Kier alpha value is -0.0800. The highest BCUT2D eigenvalue weighted by molar-refractivity contribution is 5.00. The van der Waals surface area contributed by atoms with Gasteiger partial charge in [0.25, 0.3) is 0 Å². The van der Waals surface area contributed by atoms with Gasteiger partial charge in [0, 0.05) is 18.6 Å². The van der Waals surface area contributed by atoms with Gasteiger partial charge < -0.3 is 10.6 Å². The predicted octanol–water partition coefficient (Wildman–Crippen LogP) is 1.84. The van der Waals surface area contributed by atoms with Gasteiger partial charge in [-0.2, -0.15) is 0 Å². The zero-order valence-corrected chi connectivity index (χ0v) is 9.86. The van der Waals surface area contributed by atoms with Crippen molar-refractivity contribution < 1.29 is 0 Å². The lowest BCUT2D eigenvalue weighted by Gasteiger charge is -2.39.